The van der Waals surface area contributed by atoms with E-state index in [0.29, 0.717) is 5.75 Å². The Kier molecular flexibility index (Phi) is 4.24. The highest BCUT2D eigenvalue weighted by Gasteiger charge is 2.19. The number of phenols is 1. The van der Waals surface area contributed by atoms with E-state index in [4.69, 9.17) is 0 Å². The number of benzene rings is 1. The summed E-state index contributed by atoms with van der Waals surface area (Å²) in [5, 5.41) is 9.86. The van der Waals surface area contributed by atoms with Crippen LogP contribution < -0.4 is 4.90 Å². The molecule has 1 saturated heterocycles. The van der Waals surface area contributed by atoms with Gasteiger partial charge in [0.15, 0.2) is 0 Å². The molecule has 0 aliphatic carbocycles. The van der Waals surface area contributed by atoms with Crippen molar-refractivity contribution in [1.82, 2.24) is 14.9 Å². The van der Waals surface area contributed by atoms with Crippen molar-refractivity contribution in [2.24, 2.45) is 0 Å². The molecule has 5 heteroatoms. The third-order valence-corrected chi connectivity index (χ3v) is 4.16. The Bertz CT molecular complexity index is 613. The molecule has 1 aliphatic rings. The molecular weight excluding hydrogens is 276 g/mol. The van der Waals surface area contributed by atoms with Crippen LogP contribution in [-0.4, -0.2) is 46.2 Å². The highest BCUT2D eigenvalue weighted by atomic mass is 16.3. The van der Waals surface area contributed by atoms with E-state index in [9.17, 15) is 5.11 Å². The van der Waals surface area contributed by atoms with Gasteiger partial charge >= 0.3 is 0 Å². The lowest BCUT2D eigenvalue weighted by atomic mass is 10.1. The standard InChI is InChI=1S/C17H22N4O/c1-13-10-15(11-14(2)16(13)22)12-20-6-8-21(9-7-20)17-18-4-3-5-19-17/h3-5,10-11,22H,6-9,12H2,1-2H3. The number of aromatic hydroxyl groups is 1. The molecule has 1 aromatic heterocycles. The molecule has 3 rings (SSSR count). The van der Waals surface area contributed by atoms with Gasteiger partial charge in [0.25, 0.3) is 0 Å². The third kappa shape index (κ3) is 3.20. The first kappa shape index (κ1) is 14.8. The molecule has 0 radical (unpaired) electrons. The monoisotopic (exact) mass is 298 g/mol. The lowest BCUT2D eigenvalue weighted by Gasteiger charge is -2.34. The number of piperazine rings is 1. The largest absolute Gasteiger partial charge is 0.507 e. The first-order valence-corrected chi connectivity index (χ1v) is 7.67. The van der Waals surface area contributed by atoms with Crippen molar-refractivity contribution < 1.29 is 5.11 Å². The topological polar surface area (TPSA) is 52.5 Å². The third-order valence-electron chi connectivity index (χ3n) is 4.16. The van der Waals surface area contributed by atoms with E-state index in [-0.39, 0.29) is 0 Å². The van der Waals surface area contributed by atoms with Crippen LogP contribution in [0.1, 0.15) is 16.7 Å². The van der Waals surface area contributed by atoms with Crippen molar-refractivity contribution in [3.63, 3.8) is 0 Å². The molecule has 0 bridgehead atoms. The van der Waals surface area contributed by atoms with Crippen LogP contribution in [0.25, 0.3) is 0 Å². The SMILES string of the molecule is Cc1cc(CN2CCN(c3ncccn3)CC2)cc(C)c1O. The number of hydrogen-bond donors (Lipinski definition) is 1. The molecule has 0 atom stereocenters. The summed E-state index contributed by atoms with van der Waals surface area (Å²) < 4.78 is 0. The molecule has 0 saturated carbocycles. The fraction of sp³-hybridized carbons (Fsp3) is 0.412. The van der Waals surface area contributed by atoms with Crippen LogP contribution in [0.2, 0.25) is 0 Å². The van der Waals surface area contributed by atoms with Crippen molar-refractivity contribution in [2.45, 2.75) is 20.4 Å². The van der Waals surface area contributed by atoms with Gasteiger partial charge in [-0.25, -0.2) is 9.97 Å². The fourth-order valence-corrected chi connectivity index (χ4v) is 2.96. The second kappa shape index (κ2) is 6.32. The minimum atomic E-state index is 0.412. The smallest absolute Gasteiger partial charge is 0.225 e. The Morgan fingerprint density at radius 3 is 2.18 bits per heavy atom. The predicted octanol–water partition coefficient (Wildman–Crippen LogP) is 2.12. The van der Waals surface area contributed by atoms with Crippen LogP contribution in [-0.2, 0) is 6.54 Å². The van der Waals surface area contributed by atoms with Gasteiger partial charge in [0.05, 0.1) is 0 Å². The van der Waals surface area contributed by atoms with Crippen LogP contribution in [0.5, 0.6) is 5.75 Å². The van der Waals surface area contributed by atoms with Gasteiger partial charge in [-0.2, -0.15) is 0 Å². The van der Waals surface area contributed by atoms with Crippen LogP contribution >= 0.6 is 0 Å². The van der Waals surface area contributed by atoms with E-state index in [1.807, 2.05) is 19.9 Å². The number of aromatic nitrogens is 2. The van der Waals surface area contributed by atoms with Crippen molar-refractivity contribution in [3.8, 4) is 5.75 Å². The summed E-state index contributed by atoms with van der Waals surface area (Å²) in [6.45, 7) is 8.72. The molecule has 1 fully saturated rings. The minimum absolute atomic E-state index is 0.412. The molecule has 0 spiro atoms. The average Bonchev–Trinajstić information content (AvgIpc) is 2.54. The van der Waals surface area contributed by atoms with E-state index < -0.39 is 0 Å². The number of rotatable bonds is 3. The molecule has 22 heavy (non-hydrogen) atoms. The van der Waals surface area contributed by atoms with Crippen molar-refractivity contribution in [2.75, 3.05) is 31.1 Å². The summed E-state index contributed by atoms with van der Waals surface area (Å²) in [6, 6.07) is 6.00. The highest BCUT2D eigenvalue weighted by Crippen LogP contribution is 2.24. The molecule has 116 valence electrons. The summed E-state index contributed by atoms with van der Waals surface area (Å²) in [7, 11) is 0. The average molecular weight is 298 g/mol. The summed E-state index contributed by atoms with van der Waals surface area (Å²) in [5.41, 5.74) is 3.16. The Hall–Kier alpha value is -2.14. The number of nitrogens with zero attached hydrogens (tertiary/aromatic N) is 4. The number of aryl methyl sites for hydroxylation is 2. The van der Waals surface area contributed by atoms with Crippen molar-refractivity contribution in [1.29, 1.82) is 0 Å². The molecule has 2 aromatic rings. The maximum atomic E-state index is 9.86. The quantitative estimate of drug-likeness (QED) is 0.940. The molecule has 0 unspecified atom stereocenters. The molecule has 1 aromatic carbocycles. The molecule has 5 nitrogen and oxygen atoms in total. The Labute approximate surface area is 131 Å². The van der Waals surface area contributed by atoms with Crippen molar-refractivity contribution >= 4 is 5.95 Å². The maximum absolute atomic E-state index is 9.86. The van der Waals surface area contributed by atoms with E-state index in [2.05, 4.69) is 31.9 Å². The van der Waals surface area contributed by atoms with Gasteiger partial charge in [-0.1, -0.05) is 12.1 Å². The molecule has 1 aliphatic heterocycles. The van der Waals surface area contributed by atoms with Gasteiger partial charge < -0.3 is 10.0 Å². The molecule has 0 amide bonds. The van der Waals surface area contributed by atoms with Crippen LogP contribution in [0.4, 0.5) is 5.95 Å². The van der Waals surface area contributed by atoms with Gasteiger partial charge in [-0.15, -0.1) is 0 Å². The Morgan fingerprint density at radius 2 is 1.59 bits per heavy atom. The fourth-order valence-electron chi connectivity index (χ4n) is 2.96. The Balaban J connectivity index is 1.60. The second-order valence-corrected chi connectivity index (χ2v) is 5.89. The first-order valence-electron chi connectivity index (χ1n) is 7.67. The predicted molar refractivity (Wildman–Crippen MR) is 87.1 cm³/mol. The summed E-state index contributed by atoms with van der Waals surface area (Å²) >= 11 is 0. The van der Waals surface area contributed by atoms with Crippen molar-refractivity contribution in [3.05, 3.63) is 47.3 Å². The zero-order chi connectivity index (χ0) is 15.5. The van der Waals surface area contributed by atoms with Gasteiger partial charge in [-0.3, -0.25) is 4.90 Å². The Morgan fingerprint density at radius 1 is 1.00 bits per heavy atom. The van der Waals surface area contributed by atoms with Gasteiger partial charge in [0.2, 0.25) is 5.95 Å². The van der Waals surface area contributed by atoms with E-state index in [1.165, 1.54) is 5.56 Å². The van der Waals surface area contributed by atoms with Gasteiger partial charge in [-0.05, 0) is 36.6 Å². The molecular formula is C17H22N4O. The second-order valence-electron chi connectivity index (χ2n) is 5.89. The van der Waals surface area contributed by atoms with Gasteiger partial charge in [0, 0.05) is 45.1 Å². The molecule has 2 heterocycles. The van der Waals surface area contributed by atoms with E-state index >= 15 is 0 Å². The number of anilines is 1. The highest BCUT2D eigenvalue weighted by molar-refractivity contribution is 5.42. The minimum Gasteiger partial charge on any atom is -0.507 e. The zero-order valence-corrected chi connectivity index (χ0v) is 13.2. The lowest BCUT2D eigenvalue weighted by Crippen LogP contribution is -2.46. The lowest BCUT2D eigenvalue weighted by molar-refractivity contribution is 0.248. The van der Waals surface area contributed by atoms with Crippen LogP contribution in [0.15, 0.2) is 30.6 Å². The van der Waals surface area contributed by atoms with Gasteiger partial charge in [0.1, 0.15) is 5.75 Å². The summed E-state index contributed by atoms with van der Waals surface area (Å²) in [5.74, 6) is 1.23. The van der Waals surface area contributed by atoms with E-state index in [1.54, 1.807) is 12.4 Å². The normalized spacial score (nSPS) is 16.0. The summed E-state index contributed by atoms with van der Waals surface area (Å²) in [6.07, 6.45) is 3.58. The van der Waals surface area contributed by atoms with Crippen LogP contribution in [0, 0.1) is 13.8 Å². The first-order chi connectivity index (χ1) is 10.6. The molecule has 1 N–H and O–H groups in total. The number of phenolic OH excluding ortho intramolecular Hbond substituents is 1. The van der Waals surface area contributed by atoms with Crippen LogP contribution in [0.3, 0.4) is 0 Å². The number of hydrogen-bond acceptors (Lipinski definition) is 5. The zero-order valence-electron chi connectivity index (χ0n) is 13.2. The summed E-state index contributed by atoms with van der Waals surface area (Å²) in [4.78, 5) is 13.3. The maximum Gasteiger partial charge on any atom is 0.225 e. The van der Waals surface area contributed by atoms with E-state index in [0.717, 1.165) is 49.8 Å².